The van der Waals surface area contributed by atoms with Crippen molar-refractivity contribution in [2.24, 2.45) is 0 Å². The Morgan fingerprint density at radius 1 is 0.654 bits per heavy atom. The number of H-pyrrole nitrogens is 15. The van der Waals surface area contributed by atoms with Gasteiger partial charge in [-0.05, 0) is 146 Å². The summed E-state index contributed by atoms with van der Waals surface area (Å²) in [6, 6.07) is 35.8. The van der Waals surface area contributed by atoms with Gasteiger partial charge in [-0.3, -0.25) is 20.1 Å². The molecule has 0 unspecified atom stereocenters. The predicted octanol–water partition coefficient (Wildman–Crippen LogP) is 1.33. The second kappa shape index (κ2) is 46.5. The largest absolute Gasteiger partial charge is 1.00 e. The van der Waals surface area contributed by atoms with E-state index in [4.69, 9.17) is 95.0 Å². The molecule has 552 valence electrons. The monoisotopic (exact) mass is 1740 g/mol. The molecule has 0 saturated heterocycles. The molecular weight excluding hydrogens is 1690 g/mol. The van der Waals surface area contributed by atoms with Crippen LogP contribution in [-0.2, 0) is 38.0 Å². The zero-order valence-electron chi connectivity index (χ0n) is 56.0. The van der Waals surface area contributed by atoms with E-state index >= 15 is 0 Å². The molecule has 14 rings (SSSR count). The summed E-state index contributed by atoms with van der Waals surface area (Å²) in [5.74, 6) is 0.799. The molecule has 0 aliphatic rings. The molecule has 9 aromatic heterocycles. The molecule has 0 radical (unpaired) electrons. The number of amides is 2. The zero-order valence-corrected chi connectivity index (χ0v) is 71.5. The number of carboxylic acids is 1. The number of aromatic nitrogens is 27. The van der Waals surface area contributed by atoms with Gasteiger partial charge in [0.15, 0.2) is 12.2 Å². The maximum Gasteiger partial charge on any atom is 1.00 e. The molecule has 0 saturated carbocycles. The predicted molar refractivity (Wildman–Crippen MR) is 399 cm³/mol. The van der Waals surface area contributed by atoms with Crippen molar-refractivity contribution in [1.82, 2.24) is 117 Å². The molecule has 2 amide bonds. The number of thioether (sulfide) groups is 1. The zero-order chi connectivity index (χ0) is 76.6. The molecule has 0 aliphatic carbocycles. The minimum atomic E-state index is -4.47. The summed E-state index contributed by atoms with van der Waals surface area (Å²) in [7, 11) is -7.33. The van der Waals surface area contributed by atoms with Crippen LogP contribution in [0.4, 0.5) is 10.5 Å². The molecule has 0 aliphatic heterocycles. The molecule has 14 aromatic rings. The summed E-state index contributed by atoms with van der Waals surface area (Å²) in [6.45, 7) is 4.23. The molecule has 55 heteroatoms. The summed E-state index contributed by atoms with van der Waals surface area (Å²) >= 11 is 48.4. The van der Waals surface area contributed by atoms with E-state index in [1.807, 2.05) is 85.3 Å². The van der Waals surface area contributed by atoms with Crippen LogP contribution in [-0.4, -0.2) is 168 Å². The summed E-state index contributed by atoms with van der Waals surface area (Å²) in [6.07, 6.45) is 4.29. The number of carbonyl (C=O) groups is 2. The molecule has 39 nitrogen and oxygen atoms in total. The molecule has 0 atom stereocenters. The number of hydrogen-bond donors (Lipinski definition) is 14. The minimum absolute atomic E-state index is 0. The van der Waals surface area contributed by atoms with Gasteiger partial charge in [0, 0.05) is 81.0 Å². The van der Waals surface area contributed by atoms with E-state index in [9.17, 15) is 35.5 Å². The average molecular weight is 1740 g/mol. The number of urea groups is 1. The first-order valence-corrected chi connectivity index (χ1v) is 38.1. The second-order valence-corrected chi connectivity index (χ2v) is 29.0. The van der Waals surface area contributed by atoms with Crippen LogP contribution in [0.5, 0.6) is 0 Å². The SMILES string of the molecule is CCc1n[nH]c(=S)o1.CNC(=O)Nc1cccc(-n2[nH]n[nH+]c2=S)c1.CSc1n[nH]c(=S)s1.Cc1[nH][nH]c(=S)[n+]1-c1ccccc1.O=C(O)CCn1[nH]n[nH+]c1=S.O=S(=O)([O-])c1ccc(-n2[nH]n[nH+]c2=S)cc1.O=S(=O)([O-])c1cccc(-n2[nH]n[nH+]c2=S)c1.S=c1[nH]c2ccccc2s1.S=c1nc[nH][nH]1.[Na+].[Na+]. The molecule has 5 aromatic carbocycles. The van der Waals surface area contributed by atoms with Crippen molar-refractivity contribution in [3.63, 3.8) is 0 Å². The van der Waals surface area contributed by atoms with E-state index in [1.165, 1.54) is 78.9 Å². The third kappa shape index (κ3) is 31.3. The van der Waals surface area contributed by atoms with E-state index in [1.54, 1.807) is 53.0 Å². The van der Waals surface area contributed by atoms with Crippen LogP contribution < -0.4 is 94.7 Å². The Morgan fingerprint density at radius 3 is 1.65 bits per heavy atom. The van der Waals surface area contributed by atoms with Gasteiger partial charge in [-0.15, -0.1) is 41.5 Å². The number of aromatic amines is 15. The van der Waals surface area contributed by atoms with E-state index in [0.717, 1.165) is 41.4 Å². The second-order valence-electron chi connectivity index (χ2n) is 19.1. The van der Waals surface area contributed by atoms with Gasteiger partial charge in [0.1, 0.15) is 55.9 Å². The summed E-state index contributed by atoms with van der Waals surface area (Å²) < 4.78 is 83.6. The van der Waals surface area contributed by atoms with Crippen LogP contribution in [0.15, 0.2) is 152 Å². The Morgan fingerprint density at radius 2 is 1.22 bits per heavy atom. The van der Waals surface area contributed by atoms with Crippen LogP contribution in [0.3, 0.4) is 0 Å². The number of thiazole rings is 1. The van der Waals surface area contributed by atoms with Crippen molar-refractivity contribution in [2.75, 3.05) is 18.6 Å². The van der Waals surface area contributed by atoms with Crippen molar-refractivity contribution in [2.45, 2.75) is 47.4 Å². The number of aliphatic carboxylic acids is 1. The van der Waals surface area contributed by atoms with Crippen LogP contribution in [0, 0.1) is 48.3 Å². The van der Waals surface area contributed by atoms with Crippen molar-refractivity contribution in [1.29, 1.82) is 0 Å². The van der Waals surface area contributed by atoms with E-state index in [0.29, 0.717) is 58.2 Å². The number of aryl methyl sites for hydroxylation is 3. The molecule has 18 N–H and O–H groups in total. The average Bonchev–Trinajstić information content (AvgIpc) is 1.83. The number of anilines is 1. The molecule has 0 fully saturated rings. The number of hydrogen-bond acceptors (Lipinski definition) is 28. The van der Waals surface area contributed by atoms with Crippen LogP contribution in [0.1, 0.15) is 25.1 Å². The Balaban J connectivity index is 0.000000258. The number of para-hydroxylation sites is 2. The van der Waals surface area contributed by atoms with Gasteiger partial charge in [-0.1, -0.05) is 107 Å². The van der Waals surface area contributed by atoms with E-state index < -0.39 is 26.2 Å². The first-order chi connectivity index (χ1) is 50.1. The fourth-order valence-corrected chi connectivity index (χ4v) is 12.3. The number of benzene rings is 5. The van der Waals surface area contributed by atoms with Crippen molar-refractivity contribution in [3.05, 3.63) is 187 Å². The number of nitrogens with zero attached hydrogens (tertiary/aromatic N) is 12. The summed E-state index contributed by atoms with van der Waals surface area (Å²) in [5.41, 5.74) is 4.64. The quantitative estimate of drug-likeness (QED) is 0.0270. The normalized spacial score (nSPS) is 10.2. The fourth-order valence-electron chi connectivity index (χ4n) is 7.36. The Hall–Kier alpha value is -7.86. The van der Waals surface area contributed by atoms with Gasteiger partial charge in [0.2, 0.25) is 16.5 Å². The van der Waals surface area contributed by atoms with Gasteiger partial charge >= 0.3 is 95.0 Å². The third-order valence-corrected chi connectivity index (χ3v) is 18.8. The Bertz CT molecular complexity index is 5780. The van der Waals surface area contributed by atoms with Crippen molar-refractivity contribution >= 4 is 193 Å². The van der Waals surface area contributed by atoms with Crippen molar-refractivity contribution < 1.29 is 129 Å². The van der Waals surface area contributed by atoms with Gasteiger partial charge in [-0.25, -0.2) is 31.7 Å². The molecule has 0 spiro atoms. The maximum absolute atomic E-state index is 11.2. The summed E-state index contributed by atoms with van der Waals surface area (Å²) in [5, 5.41) is 72.0. The molecule has 107 heavy (non-hydrogen) atoms. The van der Waals surface area contributed by atoms with Crippen LogP contribution in [0.25, 0.3) is 33.0 Å². The Labute approximate surface area is 705 Å². The maximum atomic E-state index is 11.2. The minimum Gasteiger partial charge on any atom is -0.744 e. The van der Waals surface area contributed by atoms with Crippen LogP contribution in [0.2, 0.25) is 0 Å². The number of rotatable bonds is 12. The molecular formula is C52H58N29Na2O10S14+5. The number of fused-ring (bicyclic) bond motifs is 1. The van der Waals surface area contributed by atoms with Crippen LogP contribution >= 0.6 is 144 Å². The van der Waals surface area contributed by atoms with E-state index in [-0.39, 0.29) is 86.1 Å². The van der Waals surface area contributed by atoms with Gasteiger partial charge in [0.25, 0.3) is 4.84 Å². The van der Waals surface area contributed by atoms with Gasteiger partial charge in [-0.2, -0.15) is 19.9 Å². The Kier molecular flexibility index (Phi) is 39.8. The van der Waals surface area contributed by atoms with E-state index in [2.05, 4.69) is 154 Å². The molecule has 9 heterocycles. The van der Waals surface area contributed by atoms with Gasteiger partial charge in [0.05, 0.1) is 47.3 Å². The number of tetrazole rings is 4. The number of carbonyl (C=O) groups excluding carboxylic acids is 1. The summed E-state index contributed by atoms with van der Waals surface area (Å²) in [4.78, 5) is 27.7. The third-order valence-electron chi connectivity index (χ3n) is 12.0. The first kappa shape index (κ1) is 91.5. The first-order valence-electron chi connectivity index (χ1n) is 28.7. The van der Waals surface area contributed by atoms with Crippen molar-refractivity contribution in [3.8, 4) is 22.7 Å². The molecule has 0 bridgehead atoms. The van der Waals surface area contributed by atoms with Gasteiger partial charge < -0.3 is 34.2 Å². The smallest absolute Gasteiger partial charge is 0.744 e. The number of nitrogens with one attached hydrogen (secondary N) is 17. The fraction of sp³-hybridized carbons (Fsp3) is 0.135. The topological polar surface area (TPSA) is 550 Å². The number of carboxylic acid groups (broad SMARTS) is 1. The standard InChI is InChI=1S/C9H10N6OS.C9H9N3S.2C7H6N4O3S2.C7H5NS2.C4H6N4O2S.C4H6N2OS.C3H4N2S3.C2H3N3S.2Na/c1-10-8(16)11-6-3-2-4-7(5-6)15-9(17)12-13-14-15;1-7-10-11-9(13)12(7)8-5-3-2-4-6-8;12-16(13,14)6-3-1-5(2-4-6)11-7(15)8-9-10-11;12-16(13,14)6-3-1-2-5(4-6)11-7(15)8-9-10-11;9-7-8-5-3-1-2-4-6(5)10-7;9-3(10)1-2-8-4(11)5-6-7-8;1-2-3-5-6-4(8)7-3;1-7-3-5-4-2(6)8-3;6-2-3-1-4-5-2;;/h2-5H,1H3,(H2,10,11,16)(H,12,14,17);2-6H,1H3,(H,11,13);2*1-4H,(H,8,10,15)(H,12,13,14);1-4H,(H,8,9);1-2H2,(H,9,10)(H,5,7,11);2H2,1H3,(H,6,8);1H3,(H,4,6);1H,(H2,3,4,5,6);;/q;;;;;;;;;2*+1/p+3.